The lowest BCUT2D eigenvalue weighted by Crippen LogP contribution is -2.59. The molecule has 2 aliphatic heterocycles. The molecular weight excluding hydrogens is 540 g/mol. The largest absolute Gasteiger partial charge is 0.493 e. The van der Waals surface area contributed by atoms with Gasteiger partial charge < -0.3 is 44.1 Å². The van der Waals surface area contributed by atoms with Gasteiger partial charge in [-0.2, -0.15) is 0 Å². The highest BCUT2D eigenvalue weighted by Crippen LogP contribution is 2.38. The molecule has 2 aromatic rings. The van der Waals surface area contributed by atoms with E-state index in [2.05, 4.69) is 6.92 Å². The van der Waals surface area contributed by atoms with Crippen LogP contribution in [0.2, 0.25) is 0 Å². The van der Waals surface area contributed by atoms with Gasteiger partial charge in [-0.25, -0.2) is 0 Å². The lowest BCUT2D eigenvalue weighted by molar-refractivity contribution is -0.292. The first-order chi connectivity index (χ1) is 20.5. The van der Waals surface area contributed by atoms with Gasteiger partial charge in [0.25, 0.3) is 0 Å². The van der Waals surface area contributed by atoms with Crippen molar-refractivity contribution in [3.05, 3.63) is 65.4 Å². The number of aliphatic hydroxyl groups is 4. The lowest BCUT2D eigenvalue weighted by atomic mass is 9.99. The van der Waals surface area contributed by atoms with E-state index < -0.39 is 37.3 Å². The minimum absolute atomic E-state index is 0.0200. The second-order valence-electron chi connectivity index (χ2n) is 11.0. The van der Waals surface area contributed by atoms with Crippen LogP contribution in [0.4, 0.5) is 0 Å². The molecule has 232 valence electrons. The third-order valence-corrected chi connectivity index (χ3v) is 7.66. The molecule has 0 amide bonds. The van der Waals surface area contributed by atoms with E-state index in [1.807, 2.05) is 48.5 Å². The van der Waals surface area contributed by atoms with Crippen LogP contribution in [0.5, 0.6) is 11.5 Å². The van der Waals surface area contributed by atoms with E-state index in [4.69, 9.17) is 23.7 Å². The first-order valence-corrected chi connectivity index (χ1v) is 15.3. The summed E-state index contributed by atoms with van der Waals surface area (Å²) in [5, 5.41) is 40.4. The highest BCUT2D eigenvalue weighted by atomic mass is 16.7. The average molecular weight is 587 g/mol. The summed E-state index contributed by atoms with van der Waals surface area (Å²) < 4.78 is 29.8. The SMILES string of the molecule is CCCCCCCCCCCOc1ccc2c(c1)OCC(O[C@@H]1O[C@H](CO)[C@H](O)[C@H](O)[C@H]1O)=C2OCc1ccccc1. The van der Waals surface area contributed by atoms with Gasteiger partial charge in [-0.15, -0.1) is 0 Å². The van der Waals surface area contributed by atoms with Gasteiger partial charge >= 0.3 is 0 Å². The summed E-state index contributed by atoms with van der Waals surface area (Å²) in [5.41, 5.74) is 1.60. The molecular formula is C33H46O9. The maximum Gasteiger partial charge on any atom is 0.229 e. The summed E-state index contributed by atoms with van der Waals surface area (Å²) >= 11 is 0. The van der Waals surface area contributed by atoms with Gasteiger partial charge in [-0.3, -0.25) is 0 Å². The number of hydrogen-bond acceptors (Lipinski definition) is 9. The predicted octanol–water partition coefficient (Wildman–Crippen LogP) is 4.69. The topological polar surface area (TPSA) is 127 Å². The van der Waals surface area contributed by atoms with E-state index in [9.17, 15) is 20.4 Å². The van der Waals surface area contributed by atoms with Crippen LogP contribution in [0.1, 0.15) is 75.8 Å². The molecule has 0 saturated carbocycles. The predicted molar refractivity (Wildman–Crippen MR) is 158 cm³/mol. The van der Waals surface area contributed by atoms with Crippen molar-refractivity contribution in [1.82, 2.24) is 0 Å². The molecule has 5 atom stereocenters. The second-order valence-corrected chi connectivity index (χ2v) is 11.0. The molecule has 2 aromatic carbocycles. The molecule has 0 radical (unpaired) electrons. The molecule has 42 heavy (non-hydrogen) atoms. The molecule has 1 fully saturated rings. The smallest absolute Gasteiger partial charge is 0.229 e. The molecule has 1 saturated heterocycles. The van der Waals surface area contributed by atoms with Crippen molar-refractivity contribution >= 4 is 5.76 Å². The zero-order chi connectivity index (χ0) is 29.7. The maximum atomic E-state index is 10.5. The number of unbranched alkanes of at least 4 members (excludes halogenated alkanes) is 8. The van der Waals surface area contributed by atoms with Gasteiger partial charge in [0.1, 0.15) is 49.1 Å². The Balaban J connectivity index is 1.40. The third-order valence-electron chi connectivity index (χ3n) is 7.66. The zero-order valence-electron chi connectivity index (χ0n) is 24.5. The first kappa shape index (κ1) is 32.1. The molecule has 2 heterocycles. The van der Waals surface area contributed by atoms with E-state index in [1.54, 1.807) is 0 Å². The molecule has 2 aliphatic rings. The Hall–Kier alpha value is -2.82. The van der Waals surface area contributed by atoms with Crippen molar-refractivity contribution in [3.8, 4) is 11.5 Å². The Labute approximate surface area is 248 Å². The average Bonchev–Trinajstić information content (AvgIpc) is 3.02. The van der Waals surface area contributed by atoms with Crippen LogP contribution >= 0.6 is 0 Å². The molecule has 0 unspecified atom stereocenters. The van der Waals surface area contributed by atoms with Crippen molar-refractivity contribution in [2.75, 3.05) is 19.8 Å². The first-order valence-electron chi connectivity index (χ1n) is 15.3. The van der Waals surface area contributed by atoms with Crippen molar-refractivity contribution in [3.63, 3.8) is 0 Å². The van der Waals surface area contributed by atoms with Crippen molar-refractivity contribution in [2.24, 2.45) is 0 Å². The van der Waals surface area contributed by atoms with Gasteiger partial charge in [-0.05, 0) is 24.1 Å². The molecule has 0 bridgehead atoms. The highest BCUT2D eigenvalue weighted by Gasteiger charge is 2.45. The van der Waals surface area contributed by atoms with Gasteiger partial charge in [0.2, 0.25) is 6.29 Å². The van der Waals surface area contributed by atoms with Crippen LogP contribution in [0.15, 0.2) is 54.3 Å². The van der Waals surface area contributed by atoms with Gasteiger partial charge in [0.05, 0.1) is 18.8 Å². The highest BCUT2D eigenvalue weighted by molar-refractivity contribution is 5.70. The third kappa shape index (κ3) is 8.84. The van der Waals surface area contributed by atoms with E-state index >= 15 is 0 Å². The molecule has 0 spiro atoms. The van der Waals surface area contributed by atoms with Crippen LogP contribution in [0, 0.1) is 0 Å². The lowest BCUT2D eigenvalue weighted by Gasteiger charge is -2.40. The number of fused-ring (bicyclic) bond motifs is 1. The Bertz CT molecular complexity index is 1100. The minimum atomic E-state index is -1.56. The van der Waals surface area contributed by atoms with Crippen molar-refractivity contribution in [2.45, 2.75) is 102 Å². The number of ether oxygens (including phenoxy) is 5. The number of hydrogen-bond donors (Lipinski definition) is 4. The summed E-state index contributed by atoms with van der Waals surface area (Å²) in [6.45, 7) is 2.56. The van der Waals surface area contributed by atoms with Crippen LogP contribution < -0.4 is 9.47 Å². The Morgan fingerprint density at radius 3 is 2.24 bits per heavy atom. The summed E-state index contributed by atoms with van der Waals surface area (Å²) in [7, 11) is 0. The molecule has 0 aromatic heterocycles. The quantitative estimate of drug-likeness (QED) is 0.195. The monoisotopic (exact) mass is 586 g/mol. The van der Waals surface area contributed by atoms with Crippen molar-refractivity contribution in [1.29, 1.82) is 0 Å². The van der Waals surface area contributed by atoms with Gasteiger partial charge in [0, 0.05) is 6.07 Å². The summed E-state index contributed by atoms with van der Waals surface area (Å²) in [6.07, 6.45) is 4.22. The zero-order valence-corrected chi connectivity index (χ0v) is 24.5. The molecule has 4 N–H and O–H groups in total. The Morgan fingerprint density at radius 2 is 1.52 bits per heavy atom. The Kier molecular flexibility index (Phi) is 12.8. The molecule has 4 rings (SSSR count). The minimum Gasteiger partial charge on any atom is -0.493 e. The van der Waals surface area contributed by atoms with Crippen LogP contribution in [0.3, 0.4) is 0 Å². The van der Waals surface area contributed by atoms with Gasteiger partial charge in [-0.1, -0.05) is 88.6 Å². The number of aliphatic hydroxyl groups excluding tert-OH is 4. The second kappa shape index (κ2) is 16.7. The van der Waals surface area contributed by atoms with Gasteiger partial charge in [0.15, 0.2) is 11.5 Å². The summed E-state index contributed by atoms with van der Waals surface area (Å²) in [5.74, 6) is 1.94. The number of benzene rings is 2. The Morgan fingerprint density at radius 1 is 0.810 bits per heavy atom. The molecule has 9 nitrogen and oxygen atoms in total. The van der Waals surface area contributed by atoms with E-state index in [1.165, 1.54) is 44.9 Å². The molecule has 0 aliphatic carbocycles. The van der Waals surface area contributed by atoms with Crippen LogP contribution in [-0.2, 0) is 20.8 Å². The van der Waals surface area contributed by atoms with E-state index in [-0.39, 0.29) is 19.0 Å². The standard InChI is InChI=1S/C33H46O9/c1-2-3-4-5-6-7-8-9-13-18-38-24-16-17-25-26(19-24)39-22-28(32(25)40-21-23-14-11-10-12-15-23)42-33-31(37)30(36)29(35)27(20-34)41-33/h10-12,14-17,19,27,29-31,33-37H,2-9,13,18,20-22H2,1H3/t27-,29+,30+,31-,33+/m1/s1. The normalized spacial score (nSPS) is 23.7. The summed E-state index contributed by atoms with van der Waals surface area (Å²) in [6, 6.07) is 15.2. The fourth-order valence-electron chi connectivity index (χ4n) is 5.14. The van der Waals surface area contributed by atoms with Crippen molar-refractivity contribution < 1.29 is 44.1 Å². The fourth-order valence-corrected chi connectivity index (χ4v) is 5.14. The van der Waals surface area contributed by atoms with E-state index in [0.29, 0.717) is 29.4 Å². The number of rotatable bonds is 17. The van der Waals surface area contributed by atoms with Crippen LogP contribution in [0.25, 0.3) is 5.76 Å². The maximum absolute atomic E-state index is 10.5. The van der Waals surface area contributed by atoms with Crippen LogP contribution in [-0.4, -0.2) is 71.0 Å². The molecule has 9 heteroatoms. The fraction of sp³-hybridized carbons (Fsp3) is 0.576. The van der Waals surface area contributed by atoms with E-state index in [0.717, 1.165) is 18.4 Å². The summed E-state index contributed by atoms with van der Waals surface area (Å²) in [4.78, 5) is 0.